The zero-order valence-corrected chi connectivity index (χ0v) is 21.0. The molecule has 5 atom stereocenters. The molecule has 37 heavy (non-hydrogen) atoms. The van der Waals surface area contributed by atoms with Crippen LogP contribution in [-0.4, -0.2) is 61.2 Å². The van der Waals surface area contributed by atoms with Crippen LogP contribution < -0.4 is 0 Å². The van der Waals surface area contributed by atoms with Gasteiger partial charge in [0.15, 0.2) is 18.3 Å². The third-order valence-electron chi connectivity index (χ3n) is 5.43. The lowest BCUT2D eigenvalue weighted by Gasteiger charge is -2.45. The van der Waals surface area contributed by atoms with Crippen LogP contribution in [0.25, 0.3) is 0 Å². The topological polar surface area (TPSA) is 124 Å². The van der Waals surface area contributed by atoms with Crippen LogP contribution in [0, 0.1) is 0 Å². The minimum Gasteiger partial charge on any atom is -0.463 e. The van der Waals surface area contributed by atoms with E-state index in [4.69, 9.17) is 28.4 Å². The lowest BCUT2D eigenvalue weighted by Crippen LogP contribution is -2.63. The SMILES string of the molecule is CC(=O)OC[C@H]1O[C@H](OC(C)=O)[C@H](OC(c2ccccc2)c2ccccc2)[C@@H](OC(C)=O)[C@H]1OC(C)=O. The fraction of sp³-hybridized carbons (Fsp3) is 0.407. The summed E-state index contributed by atoms with van der Waals surface area (Å²) in [5, 5.41) is 0. The van der Waals surface area contributed by atoms with Crippen molar-refractivity contribution < 1.29 is 47.6 Å². The van der Waals surface area contributed by atoms with Crippen molar-refractivity contribution in [2.45, 2.75) is 64.5 Å². The summed E-state index contributed by atoms with van der Waals surface area (Å²) in [5.74, 6) is -2.68. The first kappa shape index (κ1) is 27.8. The van der Waals surface area contributed by atoms with Gasteiger partial charge in [0.1, 0.15) is 18.8 Å². The summed E-state index contributed by atoms with van der Waals surface area (Å²) in [7, 11) is 0. The van der Waals surface area contributed by atoms with E-state index < -0.39 is 60.7 Å². The van der Waals surface area contributed by atoms with Crippen LogP contribution >= 0.6 is 0 Å². The summed E-state index contributed by atoms with van der Waals surface area (Å²) in [6.45, 7) is 4.40. The minimum absolute atomic E-state index is 0.351. The Kier molecular flexibility index (Phi) is 9.76. The van der Waals surface area contributed by atoms with Gasteiger partial charge in [0.05, 0.1) is 0 Å². The van der Waals surface area contributed by atoms with E-state index in [9.17, 15) is 19.2 Å². The maximum atomic E-state index is 12.2. The maximum absolute atomic E-state index is 12.2. The van der Waals surface area contributed by atoms with Crippen LogP contribution in [-0.2, 0) is 47.6 Å². The van der Waals surface area contributed by atoms with E-state index in [0.717, 1.165) is 11.1 Å². The van der Waals surface area contributed by atoms with E-state index >= 15 is 0 Å². The van der Waals surface area contributed by atoms with Gasteiger partial charge in [0, 0.05) is 27.7 Å². The van der Waals surface area contributed by atoms with Gasteiger partial charge in [-0.2, -0.15) is 0 Å². The maximum Gasteiger partial charge on any atom is 0.305 e. The number of rotatable bonds is 9. The Morgan fingerprint density at radius 2 is 1.16 bits per heavy atom. The number of hydrogen-bond donors (Lipinski definition) is 0. The highest BCUT2D eigenvalue weighted by Crippen LogP contribution is 2.35. The van der Waals surface area contributed by atoms with E-state index in [1.807, 2.05) is 60.7 Å². The molecule has 0 amide bonds. The van der Waals surface area contributed by atoms with Gasteiger partial charge in [-0.1, -0.05) is 60.7 Å². The van der Waals surface area contributed by atoms with Crippen LogP contribution in [0.3, 0.4) is 0 Å². The highest BCUT2D eigenvalue weighted by atomic mass is 16.7. The molecule has 10 heteroatoms. The van der Waals surface area contributed by atoms with Crippen LogP contribution in [0.5, 0.6) is 0 Å². The second-order valence-corrected chi connectivity index (χ2v) is 8.41. The van der Waals surface area contributed by atoms with Crippen LogP contribution in [0.15, 0.2) is 60.7 Å². The Hall–Kier alpha value is -3.76. The van der Waals surface area contributed by atoms with Gasteiger partial charge in [-0.15, -0.1) is 0 Å². The van der Waals surface area contributed by atoms with Crippen molar-refractivity contribution in [3.63, 3.8) is 0 Å². The zero-order valence-electron chi connectivity index (χ0n) is 21.0. The first-order valence-corrected chi connectivity index (χ1v) is 11.7. The average Bonchev–Trinajstić information content (AvgIpc) is 2.84. The molecule has 0 N–H and O–H groups in total. The van der Waals surface area contributed by atoms with Crippen molar-refractivity contribution in [2.24, 2.45) is 0 Å². The number of carbonyl (C=O) groups is 4. The van der Waals surface area contributed by atoms with E-state index in [-0.39, 0.29) is 6.61 Å². The number of benzene rings is 2. The van der Waals surface area contributed by atoms with E-state index in [0.29, 0.717) is 0 Å². The van der Waals surface area contributed by atoms with Crippen molar-refractivity contribution in [3.05, 3.63) is 71.8 Å². The van der Waals surface area contributed by atoms with Gasteiger partial charge < -0.3 is 28.4 Å². The summed E-state index contributed by atoms with van der Waals surface area (Å²) in [4.78, 5) is 47.7. The molecule has 0 aromatic heterocycles. The second kappa shape index (κ2) is 13.0. The summed E-state index contributed by atoms with van der Waals surface area (Å²) in [5.41, 5.74) is 1.53. The molecule has 2 aromatic rings. The van der Waals surface area contributed by atoms with Crippen LogP contribution in [0.1, 0.15) is 44.9 Å². The molecule has 0 spiro atoms. The van der Waals surface area contributed by atoms with Gasteiger partial charge in [0.25, 0.3) is 0 Å². The highest BCUT2D eigenvalue weighted by Gasteiger charge is 2.53. The number of esters is 4. The Labute approximate surface area is 214 Å². The highest BCUT2D eigenvalue weighted by molar-refractivity contribution is 5.68. The monoisotopic (exact) mass is 514 g/mol. The molecule has 0 radical (unpaired) electrons. The predicted octanol–water partition coefficient (Wildman–Crippen LogP) is 2.88. The molecule has 198 valence electrons. The lowest BCUT2D eigenvalue weighted by molar-refractivity contribution is -0.310. The normalized spacial score (nSPS) is 23.1. The summed E-state index contributed by atoms with van der Waals surface area (Å²) >= 11 is 0. The largest absolute Gasteiger partial charge is 0.463 e. The molecule has 1 heterocycles. The molecule has 3 rings (SSSR count). The summed E-state index contributed by atoms with van der Waals surface area (Å²) in [6, 6.07) is 18.5. The smallest absolute Gasteiger partial charge is 0.305 e. The van der Waals surface area contributed by atoms with E-state index in [1.165, 1.54) is 27.7 Å². The molecule has 1 aliphatic heterocycles. The first-order chi connectivity index (χ1) is 17.7. The van der Waals surface area contributed by atoms with E-state index in [2.05, 4.69) is 0 Å². The molecule has 1 aliphatic rings. The molecule has 1 fully saturated rings. The fourth-order valence-electron chi connectivity index (χ4n) is 4.04. The quantitative estimate of drug-likeness (QED) is 0.364. The van der Waals surface area contributed by atoms with Gasteiger partial charge in [0.2, 0.25) is 6.29 Å². The second-order valence-electron chi connectivity index (χ2n) is 8.41. The standard InChI is InChI=1S/C27H30O10/c1-16(28)32-15-22-24(33-17(2)29)25(34-18(3)30)26(27(36-22)35-19(4)31)37-23(20-11-7-5-8-12-20)21-13-9-6-10-14-21/h5-14,22-27H,15H2,1-4H3/t22-,24+,25+,26-,27+/m1/s1. The molecular formula is C27H30O10. The van der Waals surface area contributed by atoms with Crippen molar-refractivity contribution in [3.8, 4) is 0 Å². The molecule has 0 unspecified atom stereocenters. The van der Waals surface area contributed by atoms with Gasteiger partial charge in [-0.3, -0.25) is 19.2 Å². The minimum atomic E-state index is -1.39. The fourth-order valence-corrected chi connectivity index (χ4v) is 4.04. The van der Waals surface area contributed by atoms with Crippen molar-refractivity contribution in [1.82, 2.24) is 0 Å². The Morgan fingerprint density at radius 3 is 1.62 bits per heavy atom. The third-order valence-corrected chi connectivity index (χ3v) is 5.43. The molecule has 0 aliphatic carbocycles. The summed E-state index contributed by atoms with van der Waals surface area (Å²) in [6.07, 6.45) is -6.93. The van der Waals surface area contributed by atoms with Gasteiger partial charge in [-0.05, 0) is 11.1 Å². The Bertz CT molecular complexity index is 1030. The molecule has 2 aromatic carbocycles. The molecular weight excluding hydrogens is 484 g/mol. The Balaban J connectivity index is 2.08. The van der Waals surface area contributed by atoms with Gasteiger partial charge >= 0.3 is 23.9 Å². The number of ether oxygens (including phenoxy) is 6. The number of carbonyl (C=O) groups excluding carboxylic acids is 4. The van der Waals surface area contributed by atoms with E-state index in [1.54, 1.807) is 0 Å². The lowest BCUT2D eigenvalue weighted by atomic mass is 9.96. The van der Waals surface area contributed by atoms with Crippen molar-refractivity contribution >= 4 is 23.9 Å². The average molecular weight is 515 g/mol. The Morgan fingerprint density at radius 1 is 0.676 bits per heavy atom. The molecule has 10 nitrogen and oxygen atoms in total. The molecule has 0 saturated carbocycles. The third kappa shape index (κ3) is 7.86. The predicted molar refractivity (Wildman–Crippen MR) is 128 cm³/mol. The number of hydrogen-bond acceptors (Lipinski definition) is 10. The van der Waals surface area contributed by atoms with Gasteiger partial charge in [-0.25, -0.2) is 0 Å². The van der Waals surface area contributed by atoms with Crippen LogP contribution in [0.2, 0.25) is 0 Å². The van der Waals surface area contributed by atoms with Crippen molar-refractivity contribution in [2.75, 3.05) is 6.61 Å². The molecule has 1 saturated heterocycles. The zero-order chi connectivity index (χ0) is 26.9. The van der Waals surface area contributed by atoms with Crippen molar-refractivity contribution in [1.29, 1.82) is 0 Å². The first-order valence-electron chi connectivity index (χ1n) is 11.7. The summed E-state index contributed by atoms with van der Waals surface area (Å²) < 4.78 is 34.0. The van der Waals surface area contributed by atoms with Crippen LogP contribution in [0.4, 0.5) is 0 Å². The molecule has 0 bridgehead atoms.